The van der Waals surface area contributed by atoms with Crippen molar-refractivity contribution in [1.82, 2.24) is 4.98 Å². The number of allylic oxidation sites excluding steroid dienone is 5. The van der Waals surface area contributed by atoms with Crippen molar-refractivity contribution in [2.45, 2.75) is 39.5 Å². The molecule has 3 nitrogen and oxygen atoms in total. The van der Waals surface area contributed by atoms with Gasteiger partial charge >= 0.3 is 0 Å². The van der Waals surface area contributed by atoms with Gasteiger partial charge < -0.3 is 4.90 Å². The maximum absolute atomic E-state index is 4.46. The summed E-state index contributed by atoms with van der Waals surface area (Å²) in [5.41, 5.74) is 9.56. The Kier molecular flexibility index (Phi) is 9.73. The molecule has 3 heteroatoms. The zero-order valence-corrected chi connectivity index (χ0v) is 24.3. The average Bonchev–Trinajstić information content (AvgIpc) is 3.04. The molecule has 206 valence electrons. The third kappa shape index (κ3) is 6.99. The summed E-state index contributed by atoms with van der Waals surface area (Å²) in [7, 11) is 0. The minimum atomic E-state index is 0.996. The Morgan fingerprint density at radius 1 is 0.659 bits per heavy atom. The number of anilines is 2. The van der Waals surface area contributed by atoms with Crippen molar-refractivity contribution >= 4 is 28.3 Å². The van der Waals surface area contributed by atoms with Crippen molar-refractivity contribution < 1.29 is 4.58 Å². The van der Waals surface area contributed by atoms with Crippen LogP contribution in [-0.2, 0) is 0 Å². The van der Waals surface area contributed by atoms with Crippen LogP contribution in [0.5, 0.6) is 0 Å². The summed E-state index contributed by atoms with van der Waals surface area (Å²) in [4.78, 5) is 6.87. The van der Waals surface area contributed by atoms with Crippen LogP contribution >= 0.6 is 0 Å². The fourth-order valence-corrected chi connectivity index (χ4v) is 5.29. The number of hydrogen-bond donors (Lipinski definition) is 0. The highest BCUT2D eigenvalue weighted by atomic mass is 15.1. The third-order valence-electron chi connectivity index (χ3n) is 7.49. The average molecular weight is 539 g/mol. The van der Waals surface area contributed by atoms with Crippen LogP contribution in [0.1, 0.15) is 50.7 Å². The molecular formula is C38H40N3+. The Balaban J connectivity index is 1.53. The summed E-state index contributed by atoms with van der Waals surface area (Å²) in [5, 5.41) is 0. The molecule has 1 aliphatic carbocycles. The van der Waals surface area contributed by atoms with E-state index in [1.165, 1.54) is 39.5 Å². The Morgan fingerprint density at radius 3 is 1.95 bits per heavy atom. The number of nitrogens with zero attached hydrogens (tertiary/aromatic N) is 3. The Morgan fingerprint density at radius 2 is 1.32 bits per heavy atom. The van der Waals surface area contributed by atoms with E-state index < -0.39 is 0 Å². The summed E-state index contributed by atoms with van der Waals surface area (Å²) >= 11 is 0. The zero-order chi connectivity index (χ0) is 28.3. The summed E-state index contributed by atoms with van der Waals surface area (Å²) in [5.74, 6) is 0. The number of pyridine rings is 1. The third-order valence-corrected chi connectivity index (χ3v) is 7.49. The molecule has 3 aromatic carbocycles. The molecule has 4 aromatic rings. The SMILES string of the molecule is CCCCN(c1ccccc1)c1ccc(C(=C2C=CC(=[N+](CCCC)c3ccccc3)C=C2)c2cccnc2)cc1. The molecule has 1 aliphatic rings. The normalized spacial score (nSPS) is 12.4. The molecule has 0 spiro atoms. The lowest BCUT2D eigenvalue weighted by Crippen LogP contribution is -2.18. The van der Waals surface area contributed by atoms with Gasteiger partial charge in [-0.3, -0.25) is 4.98 Å². The standard InChI is InChI=1S/C38H40N3/c1-3-5-28-40(34-15-9-7-10-16-34)36-23-19-31(20-24-36)38(33-14-13-27-39-30-33)32-21-25-37(26-22-32)41(29-6-4-2)35-17-11-8-12-18-35/h7-27,30H,3-6,28-29H2,1-2H3/q+1. The van der Waals surface area contributed by atoms with Gasteiger partial charge in [-0.05, 0) is 65.6 Å². The number of rotatable bonds is 11. The minimum absolute atomic E-state index is 0.996. The summed E-state index contributed by atoms with van der Waals surface area (Å²) < 4.78 is 2.42. The van der Waals surface area contributed by atoms with Gasteiger partial charge in [-0.15, -0.1) is 0 Å². The molecule has 41 heavy (non-hydrogen) atoms. The molecule has 1 heterocycles. The number of benzene rings is 3. The molecule has 0 N–H and O–H groups in total. The van der Waals surface area contributed by atoms with E-state index in [-0.39, 0.29) is 0 Å². The van der Waals surface area contributed by atoms with Crippen molar-refractivity contribution in [1.29, 1.82) is 0 Å². The largest absolute Gasteiger partial charge is 0.341 e. The van der Waals surface area contributed by atoms with Gasteiger partial charge in [0, 0.05) is 66.6 Å². The van der Waals surface area contributed by atoms with E-state index in [0.29, 0.717) is 0 Å². The lowest BCUT2D eigenvalue weighted by Gasteiger charge is -2.25. The molecule has 0 unspecified atom stereocenters. The Bertz CT molecular complexity index is 1500. The second kappa shape index (κ2) is 14.2. The van der Waals surface area contributed by atoms with E-state index in [2.05, 4.69) is 144 Å². The van der Waals surface area contributed by atoms with Gasteiger partial charge in [0.1, 0.15) is 6.54 Å². The van der Waals surface area contributed by atoms with Crippen molar-refractivity contribution in [3.05, 3.63) is 150 Å². The molecule has 5 rings (SSSR count). The molecule has 1 aromatic heterocycles. The molecule has 0 saturated heterocycles. The number of aromatic nitrogens is 1. The lowest BCUT2D eigenvalue weighted by atomic mass is 9.91. The first-order chi connectivity index (χ1) is 20.3. The van der Waals surface area contributed by atoms with E-state index in [1.807, 2.05) is 18.5 Å². The molecule has 0 amide bonds. The van der Waals surface area contributed by atoms with E-state index in [9.17, 15) is 0 Å². The second-order valence-electron chi connectivity index (χ2n) is 10.4. The molecule has 0 atom stereocenters. The van der Waals surface area contributed by atoms with Crippen LogP contribution in [0.4, 0.5) is 17.1 Å². The smallest absolute Gasteiger partial charge is 0.205 e. The van der Waals surface area contributed by atoms with E-state index >= 15 is 0 Å². The van der Waals surface area contributed by atoms with Gasteiger partial charge in [0.2, 0.25) is 11.4 Å². The number of hydrogen-bond acceptors (Lipinski definition) is 2. The van der Waals surface area contributed by atoms with Crippen LogP contribution in [0.15, 0.2) is 139 Å². The second-order valence-corrected chi connectivity index (χ2v) is 10.4. The maximum Gasteiger partial charge on any atom is 0.205 e. The van der Waals surface area contributed by atoms with Gasteiger partial charge in [-0.2, -0.15) is 4.58 Å². The van der Waals surface area contributed by atoms with Crippen LogP contribution in [-0.4, -0.2) is 28.4 Å². The highest BCUT2D eigenvalue weighted by molar-refractivity contribution is 6.04. The summed E-state index contributed by atoms with van der Waals surface area (Å²) in [6, 6.07) is 34.6. The first kappa shape index (κ1) is 28.0. The molecule has 0 saturated carbocycles. The van der Waals surface area contributed by atoms with E-state index in [4.69, 9.17) is 0 Å². The van der Waals surface area contributed by atoms with Crippen LogP contribution in [0.25, 0.3) is 5.57 Å². The fraction of sp³-hybridized carbons (Fsp3) is 0.211. The quantitative estimate of drug-likeness (QED) is 0.177. The number of para-hydroxylation sites is 2. The zero-order valence-electron chi connectivity index (χ0n) is 24.3. The van der Waals surface area contributed by atoms with Gasteiger partial charge in [0.05, 0.1) is 0 Å². The molecule has 0 aliphatic heterocycles. The maximum atomic E-state index is 4.46. The predicted octanol–water partition coefficient (Wildman–Crippen LogP) is 9.53. The monoisotopic (exact) mass is 538 g/mol. The molecule has 0 radical (unpaired) electrons. The Labute approximate surface area is 245 Å². The lowest BCUT2D eigenvalue weighted by molar-refractivity contribution is -0.439. The topological polar surface area (TPSA) is 19.1 Å². The van der Waals surface area contributed by atoms with Gasteiger partial charge in [-0.1, -0.05) is 81.3 Å². The summed E-state index contributed by atoms with van der Waals surface area (Å²) in [6.07, 6.45) is 17.4. The molecular weight excluding hydrogens is 498 g/mol. The van der Waals surface area contributed by atoms with Crippen LogP contribution in [0, 0.1) is 0 Å². The highest BCUT2D eigenvalue weighted by Gasteiger charge is 2.18. The molecule has 0 fully saturated rings. The van der Waals surface area contributed by atoms with E-state index in [0.717, 1.165) is 44.3 Å². The fourth-order valence-electron chi connectivity index (χ4n) is 5.29. The predicted molar refractivity (Wildman–Crippen MR) is 174 cm³/mol. The van der Waals surface area contributed by atoms with Crippen LogP contribution in [0.2, 0.25) is 0 Å². The van der Waals surface area contributed by atoms with Crippen LogP contribution in [0.3, 0.4) is 0 Å². The molecule has 0 bridgehead atoms. The van der Waals surface area contributed by atoms with Gasteiger partial charge in [0.25, 0.3) is 0 Å². The van der Waals surface area contributed by atoms with Crippen molar-refractivity contribution in [3.8, 4) is 0 Å². The minimum Gasteiger partial charge on any atom is -0.341 e. The summed E-state index contributed by atoms with van der Waals surface area (Å²) in [6.45, 7) is 6.48. The van der Waals surface area contributed by atoms with Crippen LogP contribution < -0.4 is 4.90 Å². The van der Waals surface area contributed by atoms with Crippen molar-refractivity contribution in [2.75, 3.05) is 18.0 Å². The number of unbranched alkanes of at least 4 members (excludes halogenated alkanes) is 2. The van der Waals surface area contributed by atoms with Crippen molar-refractivity contribution in [3.63, 3.8) is 0 Å². The van der Waals surface area contributed by atoms with E-state index in [1.54, 1.807) is 0 Å². The van der Waals surface area contributed by atoms with Gasteiger partial charge in [-0.25, -0.2) is 0 Å². The highest BCUT2D eigenvalue weighted by Crippen LogP contribution is 2.32. The first-order valence-corrected chi connectivity index (χ1v) is 14.9. The Hall–Kier alpha value is -4.50. The van der Waals surface area contributed by atoms with Gasteiger partial charge in [0.15, 0.2) is 0 Å². The first-order valence-electron chi connectivity index (χ1n) is 14.9. The van der Waals surface area contributed by atoms with Crippen molar-refractivity contribution in [2.24, 2.45) is 0 Å².